The summed E-state index contributed by atoms with van der Waals surface area (Å²) >= 11 is 5.47. The fourth-order valence-electron chi connectivity index (χ4n) is 4.10. The minimum absolute atomic E-state index is 0.199. The van der Waals surface area contributed by atoms with Gasteiger partial charge in [-0.2, -0.15) is 18.3 Å². The molecule has 1 N–H and O–H groups in total. The summed E-state index contributed by atoms with van der Waals surface area (Å²) in [5, 5.41) is 7.66. The SMILES string of the molecule is O=C(NC1CC[S+]([O-])C1)c1cnn2c(-c3ccc(C(F)(F)F)cc3)c(-c3ccccc3Cl)cnc12. The number of nitrogens with zero attached hydrogens (tertiary/aromatic N) is 3. The van der Waals surface area contributed by atoms with Gasteiger partial charge < -0.3 is 9.87 Å². The molecule has 0 saturated carbocycles. The second-order valence-corrected chi connectivity index (χ2v) is 10.2. The van der Waals surface area contributed by atoms with Crippen LogP contribution in [0.5, 0.6) is 0 Å². The van der Waals surface area contributed by atoms with Gasteiger partial charge >= 0.3 is 6.18 Å². The van der Waals surface area contributed by atoms with Gasteiger partial charge in [0.05, 0.1) is 23.5 Å². The lowest BCUT2D eigenvalue weighted by molar-refractivity contribution is -0.137. The zero-order chi connectivity index (χ0) is 24.7. The van der Waals surface area contributed by atoms with Crippen molar-refractivity contribution in [3.8, 4) is 22.4 Å². The molecule has 1 aliphatic heterocycles. The molecule has 0 radical (unpaired) electrons. The van der Waals surface area contributed by atoms with Crippen LogP contribution < -0.4 is 5.32 Å². The van der Waals surface area contributed by atoms with E-state index < -0.39 is 28.8 Å². The molecule has 11 heteroatoms. The van der Waals surface area contributed by atoms with Crippen molar-refractivity contribution >= 4 is 34.3 Å². The zero-order valence-corrected chi connectivity index (χ0v) is 19.6. The highest BCUT2D eigenvalue weighted by Crippen LogP contribution is 2.37. The minimum Gasteiger partial charge on any atom is -0.616 e. The van der Waals surface area contributed by atoms with Gasteiger partial charge in [0.15, 0.2) is 5.65 Å². The second kappa shape index (κ2) is 9.18. The van der Waals surface area contributed by atoms with Crippen LogP contribution in [-0.2, 0) is 17.4 Å². The molecule has 5 rings (SSSR count). The average molecular weight is 519 g/mol. The molecule has 0 bridgehead atoms. The van der Waals surface area contributed by atoms with Gasteiger partial charge in [-0.25, -0.2) is 9.50 Å². The van der Waals surface area contributed by atoms with Gasteiger partial charge in [0.1, 0.15) is 17.1 Å². The van der Waals surface area contributed by atoms with E-state index in [2.05, 4.69) is 15.4 Å². The Morgan fingerprint density at radius 1 is 1.11 bits per heavy atom. The van der Waals surface area contributed by atoms with Gasteiger partial charge in [-0.3, -0.25) is 4.79 Å². The number of hydrogen-bond acceptors (Lipinski definition) is 4. The summed E-state index contributed by atoms with van der Waals surface area (Å²) in [6.45, 7) is 0. The first-order chi connectivity index (χ1) is 16.7. The van der Waals surface area contributed by atoms with Crippen molar-refractivity contribution in [2.45, 2.75) is 18.6 Å². The molecule has 0 aliphatic carbocycles. The molecular formula is C24H18ClF3N4O2S. The van der Waals surface area contributed by atoms with E-state index in [1.54, 1.807) is 24.3 Å². The van der Waals surface area contributed by atoms with Crippen molar-refractivity contribution in [2.24, 2.45) is 0 Å². The Labute approximate surface area is 206 Å². The first-order valence-electron chi connectivity index (χ1n) is 10.7. The average Bonchev–Trinajstić information content (AvgIpc) is 3.44. The molecule has 1 saturated heterocycles. The maximum atomic E-state index is 13.1. The van der Waals surface area contributed by atoms with Crippen LogP contribution in [-0.4, -0.2) is 42.6 Å². The van der Waals surface area contributed by atoms with Crippen molar-refractivity contribution in [1.82, 2.24) is 19.9 Å². The molecule has 3 heterocycles. The minimum atomic E-state index is -4.47. The van der Waals surface area contributed by atoms with E-state index in [1.165, 1.54) is 29.0 Å². The van der Waals surface area contributed by atoms with Gasteiger partial charge in [-0.05, 0) is 18.2 Å². The Balaban J connectivity index is 1.64. The zero-order valence-electron chi connectivity index (χ0n) is 18.1. The number of halogens is 4. The molecule has 1 fully saturated rings. The predicted molar refractivity (Wildman–Crippen MR) is 128 cm³/mol. The molecular weight excluding hydrogens is 501 g/mol. The highest BCUT2D eigenvalue weighted by atomic mass is 35.5. The van der Waals surface area contributed by atoms with E-state index in [1.807, 2.05) is 0 Å². The Kier molecular flexibility index (Phi) is 6.20. The van der Waals surface area contributed by atoms with E-state index in [4.69, 9.17) is 11.6 Å². The van der Waals surface area contributed by atoms with Gasteiger partial charge in [-0.15, -0.1) is 0 Å². The second-order valence-electron chi connectivity index (χ2n) is 8.14. The molecule has 2 atom stereocenters. The number of nitrogens with one attached hydrogen (secondary N) is 1. The van der Waals surface area contributed by atoms with Crippen molar-refractivity contribution in [2.75, 3.05) is 11.5 Å². The first kappa shape index (κ1) is 23.7. The number of aromatic nitrogens is 3. The van der Waals surface area contributed by atoms with Crippen LogP contribution in [0.3, 0.4) is 0 Å². The summed E-state index contributed by atoms with van der Waals surface area (Å²) in [5.41, 5.74) is 1.73. The maximum absolute atomic E-state index is 13.1. The van der Waals surface area contributed by atoms with Gasteiger partial charge in [0, 0.05) is 34.3 Å². The van der Waals surface area contributed by atoms with Crippen LogP contribution in [0, 0.1) is 0 Å². The largest absolute Gasteiger partial charge is 0.616 e. The lowest BCUT2D eigenvalue weighted by Crippen LogP contribution is -2.35. The molecule has 2 aromatic heterocycles. The Bertz CT molecular complexity index is 1410. The number of benzene rings is 2. The number of hydrogen-bond donors (Lipinski definition) is 1. The first-order valence-corrected chi connectivity index (χ1v) is 12.5. The molecule has 2 aromatic carbocycles. The lowest BCUT2D eigenvalue weighted by atomic mass is 9.99. The third-order valence-electron chi connectivity index (χ3n) is 5.84. The van der Waals surface area contributed by atoms with Crippen LogP contribution in [0.2, 0.25) is 5.02 Å². The van der Waals surface area contributed by atoms with Crippen LogP contribution >= 0.6 is 11.6 Å². The van der Waals surface area contributed by atoms with Crippen molar-refractivity contribution < 1.29 is 22.5 Å². The summed E-state index contributed by atoms with van der Waals surface area (Å²) in [4.78, 5) is 17.4. The summed E-state index contributed by atoms with van der Waals surface area (Å²) < 4.78 is 52.5. The van der Waals surface area contributed by atoms with Crippen molar-refractivity contribution in [3.05, 3.63) is 77.1 Å². The van der Waals surface area contributed by atoms with E-state index in [0.717, 1.165) is 12.1 Å². The highest BCUT2D eigenvalue weighted by molar-refractivity contribution is 7.91. The Morgan fingerprint density at radius 3 is 2.51 bits per heavy atom. The number of rotatable bonds is 4. The van der Waals surface area contributed by atoms with E-state index in [9.17, 15) is 22.5 Å². The summed E-state index contributed by atoms with van der Waals surface area (Å²) in [6.07, 6.45) is -0.947. The van der Waals surface area contributed by atoms with E-state index in [-0.39, 0.29) is 17.3 Å². The summed E-state index contributed by atoms with van der Waals surface area (Å²) in [5.74, 6) is 0.531. The lowest BCUT2D eigenvalue weighted by Gasteiger charge is -2.14. The van der Waals surface area contributed by atoms with Gasteiger partial charge in [-0.1, -0.05) is 53.1 Å². The summed E-state index contributed by atoms with van der Waals surface area (Å²) in [6, 6.07) is 11.5. The topological polar surface area (TPSA) is 82.3 Å². The molecule has 2 unspecified atom stereocenters. The van der Waals surface area contributed by atoms with E-state index >= 15 is 0 Å². The number of carbonyl (C=O) groups excluding carboxylic acids is 1. The van der Waals surface area contributed by atoms with Crippen LogP contribution in [0.15, 0.2) is 60.9 Å². The number of carbonyl (C=O) groups is 1. The summed E-state index contributed by atoms with van der Waals surface area (Å²) in [7, 11) is 0. The monoisotopic (exact) mass is 518 g/mol. The molecule has 35 heavy (non-hydrogen) atoms. The van der Waals surface area contributed by atoms with Crippen molar-refractivity contribution in [3.63, 3.8) is 0 Å². The van der Waals surface area contributed by atoms with E-state index in [0.29, 0.717) is 45.3 Å². The maximum Gasteiger partial charge on any atom is 0.416 e. The Morgan fingerprint density at radius 2 is 1.86 bits per heavy atom. The Hall–Kier alpha value is -3.08. The molecule has 1 aliphatic rings. The quantitative estimate of drug-likeness (QED) is 0.386. The van der Waals surface area contributed by atoms with Crippen LogP contribution in [0.1, 0.15) is 22.3 Å². The number of amides is 1. The van der Waals surface area contributed by atoms with Crippen LogP contribution in [0.4, 0.5) is 13.2 Å². The van der Waals surface area contributed by atoms with Crippen LogP contribution in [0.25, 0.3) is 28.0 Å². The molecule has 4 aromatic rings. The number of alkyl halides is 3. The normalized spacial score (nSPS) is 18.2. The fourth-order valence-corrected chi connectivity index (χ4v) is 5.75. The van der Waals surface area contributed by atoms with Crippen molar-refractivity contribution in [1.29, 1.82) is 0 Å². The highest BCUT2D eigenvalue weighted by Gasteiger charge is 2.31. The standard InChI is InChI=1S/C24H18ClF3N4O2S/c25-20-4-2-1-3-17(20)18-11-29-22-19(23(33)31-16-9-10-35(34)13-16)12-30-32(22)21(18)14-5-7-15(8-6-14)24(26,27)28/h1-8,11-12,16H,9-10,13H2,(H,31,33). The molecule has 180 valence electrons. The predicted octanol–water partition coefficient (Wildman–Crippen LogP) is 4.99. The van der Waals surface area contributed by atoms with Gasteiger partial charge in [0.25, 0.3) is 5.91 Å². The molecule has 0 spiro atoms. The smallest absolute Gasteiger partial charge is 0.416 e. The number of fused-ring (bicyclic) bond motifs is 1. The fraction of sp³-hybridized carbons (Fsp3) is 0.208. The van der Waals surface area contributed by atoms with Gasteiger partial charge in [0.2, 0.25) is 0 Å². The molecule has 6 nitrogen and oxygen atoms in total. The third kappa shape index (κ3) is 4.61. The molecule has 1 amide bonds. The third-order valence-corrected chi connectivity index (χ3v) is 7.63.